The molecule has 0 bridgehead atoms. The summed E-state index contributed by atoms with van der Waals surface area (Å²) >= 11 is 5.17. The predicted molar refractivity (Wildman–Crippen MR) is 100 cm³/mol. The van der Waals surface area contributed by atoms with E-state index in [9.17, 15) is 9.59 Å². The lowest BCUT2D eigenvalue weighted by Crippen LogP contribution is -2.34. The average molecular weight is 347 g/mol. The standard InChI is InChI=1S/C18H25N3O2S/c1-2-11-19-17(23)14-7-9-15(10-8-14)20-18(24)21-16(22)12-13-5-3-4-6-13/h7-10,13H,2-6,11-12H2,1H3,(H,19,23)(H2,20,21,22,24). The van der Waals surface area contributed by atoms with Gasteiger partial charge in [-0.3, -0.25) is 9.59 Å². The van der Waals surface area contributed by atoms with Crippen molar-refractivity contribution in [3.8, 4) is 0 Å². The Bertz CT molecular complexity index is 580. The molecule has 2 amide bonds. The number of amides is 2. The largest absolute Gasteiger partial charge is 0.352 e. The van der Waals surface area contributed by atoms with E-state index in [1.165, 1.54) is 12.8 Å². The summed E-state index contributed by atoms with van der Waals surface area (Å²) in [5, 5.41) is 8.82. The number of carbonyl (C=O) groups is 2. The lowest BCUT2D eigenvalue weighted by molar-refractivity contribution is -0.120. The number of thiocarbonyl (C=S) groups is 1. The molecule has 0 aliphatic heterocycles. The molecule has 0 spiro atoms. The van der Waals surface area contributed by atoms with Crippen molar-refractivity contribution in [1.29, 1.82) is 0 Å². The Morgan fingerprint density at radius 2 is 1.83 bits per heavy atom. The number of anilines is 1. The van der Waals surface area contributed by atoms with Gasteiger partial charge in [0, 0.05) is 24.2 Å². The number of benzene rings is 1. The minimum atomic E-state index is -0.0872. The van der Waals surface area contributed by atoms with Crippen LogP contribution in [-0.2, 0) is 4.79 Å². The third kappa shape index (κ3) is 5.92. The maximum atomic E-state index is 12.0. The molecule has 0 heterocycles. The first kappa shape index (κ1) is 18.4. The van der Waals surface area contributed by atoms with E-state index < -0.39 is 0 Å². The highest BCUT2D eigenvalue weighted by Gasteiger charge is 2.18. The fourth-order valence-electron chi connectivity index (χ4n) is 2.86. The van der Waals surface area contributed by atoms with Crippen LogP contribution in [0.25, 0.3) is 0 Å². The van der Waals surface area contributed by atoms with E-state index in [2.05, 4.69) is 16.0 Å². The molecule has 0 unspecified atom stereocenters. The number of hydrogen-bond acceptors (Lipinski definition) is 3. The summed E-state index contributed by atoms with van der Waals surface area (Å²) in [6.45, 7) is 2.67. The zero-order valence-corrected chi connectivity index (χ0v) is 14.9. The molecule has 1 saturated carbocycles. The molecule has 6 heteroatoms. The number of hydrogen-bond donors (Lipinski definition) is 3. The van der Waals surface area contributed by atoms with E-state index in [1.54, 1.807) is 24.3 Å². The zero-order valence-electron chi connectivity index (χ0n) is 14.1. The Morgan fingerprint density at radius 1 is 1.17 bits per heavy atom. The van der Waals surface area contributed by atoms with Crippen LogP contribution < -0.4 is 16.0 Å². The molecule has 1 aliphatic rings. The molecule has 0 atom stereocenters. The SMILES string of the molecule is CCCNC(=O)c1ccc(NC(=S)NC(=O)CC2CCCC2)cc1. The van der Waals surface area contributed by atoms with Crippen molar-refractivity contribution in [3.05, 3.63) is 29.8 Å². The van der Waals surface area contributed by atoms with Gasteiger partial charge in [-0.25, -0.2) is 0 Å². The summed E-state index contributed by atoms with van der Waals surface area (Å²) in [6.07, 6.45) is 6.15. The highest BCUT2D eigenvalue weighted by Crippen LogP contribution is 2.27. The first-order valence-corrected chi connectivity index (χ1v) is 8.98. The summed E-state index contributed by atoms with van der Waals surface area (Å²) in [5.74, 6) is 0.375. The van der Waals surface area contributed by atoms with Crippen molar-refractivity contribution in [1.82, 2.24) is 10.6 Å². The van der Waals surface area contributed by atoms with Gasteiger partial charge in [-0.15, -0.1) is 0 Å². The van der Waals surface area contributed by atoms with Crippen molar-refractivity contribution in [2.75, 3.05) is 11.9 Å². The average Bonchev–Trinajstić information content (AvgIpc) is 3.05. The van der Waals surface area contributed by atoms with E-state index >= 15 is 0 Å². The molecule has 5 nitrogen and oxygen atoms in total. The van der Waals surface area contributed by atoms with Gasteiger partial charge in [0.05, 0.1) is 0 Å². The van der Waals surface area contributed by atoms with Crippen LogP contribution in [0.2, 0.25) is 0 Å². The third-order valence-electron chi connectivity index (χ3n) is 4.14. The number of carbonyl (C=O) groups excluding carboxylic acids is 2. The topological polar surface area (TPSA) is 70.2 Å². The minimum Gasteiger partial charge on any atom is -0.352 e. The Hall–Kier alpha value is -1.95. The van der Waals surface area contributed by atoms with Gasteiger partial charge in [-0.05, 0) is 61.7 Å². The lowest BCUT2D eigenvalue weighted by atomic mass is 10.0. The van der Waals surface area contributed by atoms with Gasteiger partial charge < -0.3 is 16.0 Å². The van der Waals surface area contributed by atoms with Gasteiger partial charge in [0.2, 0.25) is 5.91 Å². The molecule has 24 heavy (non-hydrogen) atoms. The molecule has 3 N–H and O–H groups in total. The Kier molecular flexibility index (Phi) is 7.18. The van der Waals surface area contributed by atoms with Crippen molar-refractivity contribution >= 4 is 34.8 Å². The van der Waals surface area contributed by atoms with Crippen LogP contribution >= 0.6 is 12.2 Å². The summed E-state index contributed by atoms with van der Waals surface area (Å²) in [5.41, 5.74) is 1.35. The molecule has 130 valence electrons. The van der Waals surface area contributed by atoms with Gasteiger partial charge in [-0.1, -0.05) is 19.8 Å². The van der Waals surface area contributed by atoms with Crippen LogP contribution in [-0.4, -0.2) is 23.5 Å². The summed E-state index contributed by atoms with van der Waals surface area (Å²) < 4.78 is 0. The van der Waals surface area contributed by atoms with Gasteiger partial charge in [0.1, 0.15) is 0 Å². The Labute approximate surface area is 148 Å². The Balaban J connectivity index is 1.78. The number of rotatable bonds is 6. The summed E-state index contributed by atoms with van der Waals surface area (Å²) in [7, 11) is 0. The second-order valence-electron chi connectivity index (χ2n) is 6.19. The fraction of sp³-hybridized carbons (Fsp3) is 0.500. The van der Waals surface area contributed by atoms with Crippen molar-refractivity contribution < 1.29 is 9.59 Å². The highest BCUT2D eigenvalue weighted by molar-refractivity contribution is 7.80. The van der Waals surface area contributed by atoms with Gasteiger partial charge in [-0.2, -0.15) is 0 Å². The highest BCUT2D eigenvalue weighted by atomic mass is 32.1. The second-order valence-corrected chi connectivity index (χ2v) is 6.60. The predicted octanol–water partition coefficient (Wildman–Crippen LogP) is 3.22. The zero-order chi connectivity index (χ0) is 17.4. The van der Waals surface area contributed by atoms with Crippen LogP contribution in [0.15, 0.2) is 24.3 Å². The maximum Gasteiger partial charge on any atom is 0.251 e. The summed E-state index contributed by atoms with van der Waals surface area (Å²) in [6, 6.07) is 7.01. The molecule has 0 aromatic heterocycles. The smallest absolute Gasteiger partial charge is 0.251 e. The van der Waals surface area contributed by atoms with E-state index in [0.29, 0.717) is 29.6 Å². The van der Waals surface area contributed by atoms with Crippen LogP contribution in [0.5, 0.6) is 0 Å². The quantitative estimate of drug-likeness (QED) is 0.691. The van der Waals surface area contributed by atoms with Crippen molar-refractivity contribution in [2.45, 2.75) is 45.4 Å². The van der Waals surface area contributed by atoms with E-state index in [0.717, 1.165) is 24.9 Å². The fourth-order valence-corrected chi connectivity index (χ4v) is 3.09. The first-order chi connectivity index (χ1) is 11.6. The van der Waals surface area contributed by atoms with Crippen LogP contribution in [0.4, 0.5) is 5.69 Å². The molecule has 0 saturated heterocycles. The van der Waals surface area contributed by atoms with Gasteiger partial charge >= 0.3 is 0 Å². The molecule has 1 aromatic carbocycles. The maximum absolute atomic E-state index is 12.0. The second kappa shape index (κ2) is 9.37. The van der Waals surface area contributed by atoms with E-state index in [-0.39, 0.29) is 11.8 Å². The normalized spacial score (nSPS) is 14.2. The third-order valence-corrected chi connectivity index (χ3v) is 4.35. The van der Waals surface area contributed by atoms with Crippen molar-refractivity contribution in [2.24, 2.45) is 5.92 Å². The number of nitrogens with one attached hydrogen (secondary N) is 3. The molecule has 2 rings (SSSR count). The molecule has 0 radical (unpaired) electrons. The van der Waals surface area contributed by atoms with E-state index in [4.69, 9.17) is 12.2 Å². The lowest BCUT2D eigenvalue weighted by Gasteiger charge is -2.12. The minimum absolute atomic E-state index is 0.0324. The molecule has 1 aliphatic carbocycles. The van der Waals surface area contributed by atoms with Gasteiger partial charge in [0.15, 0.2) is 5.11 Å². The Morgan fingerprint density at radius 3 is 2.46 bits per heavy atom. The van der Waals surface area contributed by atoms with Crippen LogP contribution in [0.1, 0.15) is 55.8 Å². The molecular weight excluding hydrogens is 322 g/mol. The van der Waals surface area contributed by atoms with Crippen molar-refractivity contribution in [3.63, 3.8) is 0 Å². The van der Waals surface area contributed by atoms with Crippen LogP contribution in [0, 0.1) is 5.92 Å². The van der Waals surface area contributed by atoms with E-state index in [1.807, 2.05) is 6.92 Å². The molecule has 1 fully saturated rings. The van der Waals surface area contributed by atoms with Gasteiger partial charge in [0.25, 0.3) is 5.91 Å². The molecule has 1 aromatic rings. The molecular formula is C18H25N3O2S. The first-order valence-electron chi connectivity index (χ1n) is 8.57. The monoisotopic (exact) mass is 347 g/mol. The summed E-state index contributed by atoms with van der Waals surface area (Å²) in [4.78, 5) is 23.8. The van der Waals surface area contributed by atoms with Crippen LogP contribution in [0.3, 0.4) is 0 Å².